The van der Waals surface area contributed by atoms with Crippen molar-refractivity contribution < 1.29 is 9.90 Å². The summed E-state index contributed by atoms with van der Waals surface area (Å²) in [4.78, 5) is 19.5. The molecule has 1 aliphatic heterocycles. The first-order valence-corrected chi connectivity index (χ1v) is 8.43. The molecule has 0 bridgehead atoms. The first-order chi connectivity index (χ1) is 9.66. The number of carbonyl (C=O) groups is 1. The van der Waals surface area contributed by atoms with Gasteiger partial charge < -0.3 is 10.0 Å². The van der Waals surface area contributed by atoms with Crippen LogP contribution < -0.4 is 0 Å². The Labute approximate surface area is 124 Å². The van der Waals surface area contributed by atoms with E-state index in [0.717, 1.165) is 22.7 Å². The summed E-state index contributed by atoms with van der Waals surface area (Å²) in [7, 11) is 0. The lowest BCUT2D eigenvalue weighted by Crippen LogP contribution is -2.64. The molecule has 4 nitrogen and oxygen atoms in total. The molecule has 0 unspecified atom stereocenters. The zero-order valence-corrected chi connectivity index (χ0v) is 12.4. The van der Waals surface area contributed by atoms with E-state index in [1.54, 1.807) is 16.2 Å². The molecule has 6 heteroatoms. The summed E-state index contributed by atoms with van der Waals surface area (Å²) in [5.74, 6) is 0.345. The third-order valence-corrected chi connectivity index (χ3v) is 5.89. The second kappa shape index (κ2) is 4.38. The molecule has 0 radical (unpaired) electrons. The molecule has 4 rings (SSSR count). The van der Waals surface area contributed by atoms with E-state index in [-0.39, 0.29) is 5.91 Å². The SMILES string of the molecule is O=C(c1csc(-c2cccs2)n1)N1CC(O)(C2CC2)C1. The number of amides is 1. The number of hydrogen-bond donors (Lipinski definition) is 1. The minimum absolute atomic E-state index is 0.0608. The normalized spacial score (nSPS) is 20.8. The molecule has 0 spiro atoms. The lowest BCUT2D eigenvalue weighted by atomic mass is 9.88. The molecule has 0 aromatic carbocycles. The van der Waals surface area contributed by atoms with Crippen molar-refractivity contribution in [3.8, 4) is 9.88 Å². The number of likely N-dealkylation sites (tertiary alicyclic amines) is 1. The van der Waals surface area contributed by atoms with Crippen LogP contribution in [0.2, 0.25) is 0 Å². The first kappa shape index (κ1) is 12.5. The second-order valence-corrected chi connectivity index (χ2v) is 7.36. The molecule has 1 amide bonds. The number of nitrogens with zero attached hydrogens (tertiary/aromatic N) is 2. The highest BCUT2D eigenvalue weighted by molar-refractivity contribution is 7.20. The van der Waals surface area contributed by atoms with Crippen LogP contribution in [0.3, 0.4) is 0 Å². The molecule has 2 aliphatic rings. The largest absolute Gasteiger partial charge is 0.386 e. The Morgan fingerprint density at radius 2 is 2.20 bits per heavy atom. The molecule has 104 valence electrons. The summed E-state index contributed by atoms with van der Waals surface area (Å²) in [6.45, 7) is 0.921. The highest BCUT2D eigenvalue weighted by atomic mass is 32.1. The summed E-state index contributed by atoms with van der Waals surface area (Å²) in [6, 6.07) is 3.99. The lowest BCUT2D eigenvalue weighted by Gasteiger charge is -2.46. The Morgan fingerprint density at radius 3 is 2.85 bits per heavy atom. The van der Waals surface area contributed by atoms with Gasteiger partial charge in [0.25, 0.3) is 5.91 Å². The average molecular weight is 306 g/mol. The Morgan fingerprint density at radius 1 is 1.40 bits per heavy atom. The van der Waals surface area contributed by atoms with E-state index >= 15 is 0 Å². The van der Waals surface area contributed by atoms with E-state index in [1.807, 2.05) is 22.9 Å². The highest BCUT2D eigenvalue weighted by Gasteiger charge is 2.53. The number of thiophene rings is 1. The van der Waals surface area contributed by atoms with Crippen molar-refractivity contribution in [3.63, 3.8) is 0 Å². The van der Waals surface area contributed by atoms with Crippen LogP contribution in [0.25, 0.3) is 9.88 Å². The van der Waals surface area contributed by atoms with Gasteiger partial charge in [-0.1, -0.05) is 6.07 Å². The van der Waals surface area contributed by atoms with Gasteiger partial charge in [0.15, 0.2) is 0 Å². The van der Waals surface area contributed by atoms with E-state index in [0.29, 0.717) is 24.7 Å². The average Bonchev–Trinajstić information content (AvgIpc) is 2.93. The van der Waals surface area contributed by atoms with E-state index in [4.69, 9.17) is 0 Å². The van der Waals surface area contributed by atoms with E-state index in [2.05, 4.69) is 4.98 Å². The fraction of sp³-hybridized carbons (Fsp3) is 0.429. The molecule has 3 heterocycles. The molecule has 1 saturated carbocycles. The number of rotatable bonds is 3. The summed E-state index contributed by atoms with van der Waals surface area (Å²) in [5, 5.41) is 15.0. The van der Waals surface area contributed by atoms with Gasteiger partial charge in [-0.05, 0) is 30.2 Å². The number of carbonyl (C=O) groups excluding carboxylic acids is 1. The summed E-state index contributed by atoms with van der Waals surface area (Å²) >= 11 is 3.12. The van der Waals surface area contributed by atoms with E-state index in [9.17, 15) is 9.90 Å². The third kappa shape index (κ3) is 1.99. The second-order valence-electron chi connectivity index (χ2n) is 5.55. The van der Waals surface area contributed by atoms with Crippen molar-refractivity contribution >= 4 is 28.6 Å². The van der Waals surface area contributed by atoms with Crippen LogP contribution in [-0.2, 0) is 0 Å². The van der Waals surface area contributed by atoms with E-state index in [1.165, 1.54) is 11.3 Å². The van der Waals surface area contributed by atoms with Gasteiger partial charge in [0, 0.05) is 5.38 Å². The Bertz CT molecular complexity index is 640. The molecule has 20 heavy (non-hydrogen) atoms. The van der Waals surface area contributed by atoms with Gasteiger partial charge >= 0.3 is 0 Å². The summed E-state index contributed by atoms with van der Waals surface area (Å²) in [5.41, 5.74) is -0.126. The van der Waals surface area contributed by atoms with Crippen molar-refractivity contribution in [1.29, 1.82) is 0 Å². The number of aromatic nitrogens is 1. The Balaban J connectivity index is 1.47. The molecule has 2 aromatic rings. The van der Waals surface area contributed by atoms with Crippen LogP contribution in [0, 0.1) is 5.92 Å². The topological polar surface area (TPSA) is 53.4 Å². The van der Waals surface area contributed by atoms with Crippen molar-refractivity contribution in [2.75, 3.05) is 13.1 Å². The Kier molecular flexibility index (Phi) is 2.73. The molecule has 2 fully saturated rings. The molecular weight excluding hydrogens is 292 g/mol. The van der Waals surface area contributed by atoms with Crippen molar-refractivity contribution in [2.45, 2.75) is 18.4 Å². The van der Waals surface area contributed by atoms with Crippen LogP contribution in [0.15, 0.2) is 22.9 Å². The summed E-state index contributed by atoms with van der Waals surface area (Å²) < 4.78 is 0. The molecule has 1 N–H and O–H groups in total. The van der Waals surface area contributed by atoms with Gasteiger partial charge in [0.05, 0.1) is 18.0 Å². The monoisotopic (exact) mass is 306 g/mol. The fourth-order valence-corrected chi connectivity index (χ4v) is 4.29. The quantitative estimate of drug-likeness (QED) is 0.948. The molecule has 1 saturated heterocycles. The smallest absolute Gasteiger partial charge is 0.273 e. The van der Waals surface area contributed by atoms with Gasteiger partial charge in [-0.2, -0.15) is 0 Å². The number of hydrogen-bond acceptors (Lipinski definition) is 5. The maximum Gasteiger partial charge on any atom is 0.273 e. The fourth-order valence-electron chi connectivity index (χ4n) is 2.68. The van der Waals surface area contributed by atoms with Crippen molar-refractivity contribution in [1.82, 2.24) is 9.88 Å². The van der Waals surface area contributed by atoms with Gasteiger partial charge in [0.2, 0.25) is 0 Å². The standard InChI is InChI=1S/C14H14N2O2S2/c17-13(16-7-14(18,8-16)9-3-4-9)10-6-20-12(15-10)11-2-1-5-19-11/h1-2,5-6,9,18H,3-4,7-8H2. The van der Waals surface area contributed by atoms with Gasteiger partial charge in [-0.25, -0.2) is 4.98 Å². The molecule has 0 atom stereocenters. The van der Waals surface area contributed by atoms with Crippen LogP contribution in [-0.4, -0.2) is 39.6 Å². The molecule has 1 aliphatic carbocycles. The maximum atomic E-state index is 12.3. The number of β-amino-alcohol motifs (C(OH)–C–C–N with tert-alkyl or cyclic N) is 1. The van der Waals surface area contributed by atoms with Gasteiger partial charge in [0.1, 0.15) is 16.3 Å². The first-order valence-electron chi connectivity index (χ1n) is 6.67. The zero-order valence-electron chi connectivity index (χ0n) is 10.8. The molecule has 2 aromatic heterocycles. The minimum Gasteiger partial charge on any atom is -0.386 e. The number of aliphatic hydroxyl groups is 1. The van der Waals surface area contributed by atoms with Crippen molar-refractivity contribution in [3.05, 3.63) is 28.6 Å². The molecular formula is C14H14N2O2S2. The summed E-state index contributed by atoms with van der Waals surface area (Å²) in [6.07, 6.45) is 2.19. The minimum atomic E-state index is -0.623. The third-order valence-electron chi connectivity index (χ3n) is 4.01. The van der Waals surface area contributed by atoms with Crippen LogP contribution >= 0.6 is 22.7 Å². The van der Waals surface area contributed by atoms with Gasteiger partial charge in [-0.15, -0.1) is 22.7 Å². The number of thiazole rings is 1. The van der Waals surface area contributed by atoms with Crippen LogP contribution in [0.1, 0.15) is 23.3 Å². The highest BCUT2D eigenvalue weighted by Crippen LogP contribution is 2.44. The lowest BCUT2D eigenvalue weighted by molar-refractivity contribution is -0.0959. The van der Waals surface area contributed by atoms with Gasteiger partial charge in [-0.3, -0.25) is 4.79 Å². The Hall–Kier alpha value is -1.24. The van der Waals surface area contributed by atoms with Crippen LogP contribution in [0.5, 0.6) is 0 Å². The van der Waals surface area contributed by atoms with Crippen LogP contribution in [0.4, 0.5) is 0 Å². The zero-order chi connectivity index (χ0) is 13.7. The predicted molar refractivity (Wildman–Crippen MR) is 79.0 cm³/mol. The van der Waals surface area contributed by atoms with Crippen molar-refractivity contribution in [2.24, 2.45) is 5.92 Å². The van der Waals surface area contributed by atoms with E-state index < -0.39 is 5.60 Å². The maximum absolute atomic E-state index is 12.3. The predicted octanol–water partition coefficient (Wildman–Crippen LogP) is 2.47.